The van der Waals surface area contributed by atoms with Crippen LogP contribution < -0.4 is 16.8 Å². The van der Waals surface area contributed by atoms with Crippen LogP contribution in [0.2, 0.25) is 0 Å². The molecule has 0 bridgehead atoms. The Bertz CT molecular complexity index is 603. The molecule has 2 aromatic heterocycles. The van der Waals surface area contributed by atoms with E-state index in [1.165, 1.54) is 34.0 Å². The van der Waals surface area contributed by atoms with Crippen LogP contribution in [0.15, 0.2) is 29.6 Å². The molecule has 2 rings (SSSR count). The minimum atomic E-state index is -0.514. The number of hydrazine groups is 1. The molecular formula is C9H11N7O2. The van der Waals surface area contributed by atoms with Crippen LogP contribution >= 0.6 is 0 Å². The maximum atomic E-state index is 11.4. The van der Waals surface area contributed by atoms with Crippen molar-refractivity contribution >= 4 is 5.91 Å². The summed E-state index contributed by atoms with van der Waals surface area (Å²) in [6.45, 7) is 0.788. The average molecular weight is 249 g/mol. The largest absolute Gasteiger partial charge is 0.297 e. The highest BCUT2D eigenvalue weighted by molar-refractivity contribution is 5.91. The molecule has 0 radical (unpaired) electrons. The van der Waals surface area contributed by atoms with Crippen LogP contribution in [-0.4, -0.2) is 30.5 Å². The third kappa shape index (κ3) is 2.58. The summed E-state index contributed by atoms with van der Waals surface area (Å²) in [7, 11) is 0. The normalized spacial score (nSPS) is 10.3. The second-order valence-corrected chi connectivity index (χ2v) is 3.45. The van der Waals surface area contributed by atoms with E-state index < -0.39 is 5.91 Å². The van der Waals surface area contributed by atoms with Crippen molar-refractivity contribution in [1.29, 1.82) is 0 Å². The van der Waals surface area contributed by atoms with Gasteiger partial charge in [-0.15, -0.1) is 5.10 Å². The molecule has 0 spiro atoms. The van der Waals surface area contributed by atoms with E-state index >= 15 is 0 Å². The summed E-state index contributed by atoms with van der Waals surface area (Å²) in [6.07, 6.45) is 4.31. The number of amides is 1. The number of rotatable bonds is 4. The average Bonchev–Trinajstić information content (AvgIpc) is 2.86. The molecule has 18 heavy (non-hydrogen) atoms. The molecule has 0 saturated carbocycles. The Morgan fingerprint density at radius 2 is 2.28 bits per heavy atom. The van der Waals surface area contributed by atoms with Crippen molar-refractivity contribution in [3.05, 3.63) is 40.8 Å². The van der Waals surface area contributed by atoms with Gasteiger partial charge in [-0.05, 0) is 0 Å². The first-order chi connectivity index (χ1) is 8.70. The van der Waals surface area contributed by atoms with Crippen molar-refractivity contribution in [1.82, 2.24) is 30.0 Å². The van der Waals surface area contributed by atoms with Crippen molar-refractivity contribution in [3.63, 3.8) is 0 Å². The molecule has 9 nitrogen and oxygen atoms in total. The summed E-state index contributed by atoms with van der Waals surface area (Å²) in [5.41, 5.74) is 1.93. The zero-order valence-corrected chi connectivity index (χ0v) is 9.35. The fraction of sp³-hybridized carbons (Fsp3) is 0.222. The van der Waals surface area contributed by atoms with E-state index in [-0.39, 0.29) is 11.3 Å². The van der Waals surface area contributed by atoms with Gasteiger partial charge in [0.25, 0.3) is 11.5 Å². The smallest absolute Gasteiger partial charge is 0.287 e. The Labute approximate surface area is 101 Å². The highest BCUT2D eigenvalue weighted by atomic mass is 16.2. The lowest BCUT2D eigenvalue weighted by atomic mass is 10.4. The van der Waals surface area contributed by atoms with Gasteiger partial charge in [0.1, 0.15) is 0 Å². The number of nitrogen functional groups attached to an aromatic ring is 1. The molecule has 0 aliphatic heterocycles. The van der Waals surface area contributed by atoms with Gasteiger partial charge in [-0.2, -0.15) is 0 Å². The van der Waals surface area contributed by atoms with E-state index in [0.717, 1.165) is 0 Å². The first-order valence-corrected chi connectivity index (χ1v) is 5.12. The molecule has 3 N–H and O–H groups in total. The highest BCUT2D eigenvalue weighted by Gasteiger charge is 2.08. The number of hydrogen-bond donors (Lipinski definition) is 2. The summed E-state index contributed by atoms with van der Waals surface area (Å²) < 4.78 is 2.88. The van der Waals surface area contributed by atoms with Crippen LogP contribution in [-0.2, 0) is 13.1 Å². The first-order valence-electron chi connectivity index (χ1n) is 5.12. The summed E-state index contributed by atoms with van der Waals surface area (Å²) in [5.74, 6) is 4.45. The molecule has 0 aliphatic rings. The summed E-state index contributed by atoms with van der Waals surface area (Å²) in [4.78, 5) is 26.4. The van der Waals surface area contributed by atoms with Gasteiger partial charge in [0.2, 0.25) is 0 Å². The zero-order chi connectivity index (χ0) is 13.0. The van der Waals surface area contributed by atoms with Gasteiger partial charge >= 0.3 is 0 Å². The number of carbonyl (C=O) groups excluding carboxylic acids is 1. The quantitative estimate of drug-likeness (QED) is 0.372. The molecule has 0 aliphatic carbocycles. The van der Waals surface area contributed by atoms with Gasteiger partial charge in [0, 0.05) is 18.8 Å². The minimum absolute atomic E-state index is 0.121. The number of aromatic nitrogens is 5. The predicted molar refractivity (Wildman–Crippen MR) is 60.2 cm³/mol. The van der Waals surface area contributed by atoms with Crippen molar-refractivity contribution in [2.24, 2.45) is 5.84 Å². The lowest BCUT2D eigenvalue weighted by molar-refractivity contribution is 0.0948. The van der Waals surface area contributed by atoms with Gasteiger partial charge in [-0.3, -0.25) is 19.6 Å². The third-order valence-electron chi connectivity index (χ3n) is 2.26. The van der Waals surface area contributed by atoms with Crippen LogP contribution in [0.3, 0.4) is 0 Å². The van der Waals surface area contributed by atoms with Crippen LogP contribution in [0.5, 0.6) is 0 Å². The Morgan fingerprint density at radius 1 is 1.44 bits per heavy atom. The predicted octanol–water partition coefficient (Wildman–Crippen LogP) is -1.86. The second kappa shape index (κ2) is 5.19. The lowest BCUT2D eigenvalue weighted by Crippen LogP contribution is -2.30. The zero-order valence-electron chi connectivity index (χ0n) is 9.35. The van der Waals surface area contributed by atoms with Crippen molar-refractivity contribution in [2.75, 3.05) is 0 Å². The third-order valence-corrected chi connectivity index (χ3v) is 2.26. The van der Waals surface area contributed by atoms with Gasteiger partial charge in [0.15, 0.2) is 5.69 Å². The van der Waals surface area contributed by atoms with Crippen LogP contribution in [0, 0.1) is 0 Å². The monoisotopic (exact) mass is 249 g/mol. The van der Waals surface area contributed by atoms with Crippen LogP contribution in [0.25, 0.3) is 0 Å². The first kappa shape index (κ1) is 11.9. The maximum Gasteiger partial charge on any atom is 0.287 e. The molecule has 2 heterocycles. The van der Waals surface area contributed by atoms with Crippen LogP contribution in [0.1, 0.15) is 10.5 Å². The van der Waals surface area contributed by atoms with E-state index in [2.05, 4.69) is 15.3 Å². The highest BCUT2D eigenvalue weighted by Crippen LogP contribution is 1.93. The molecular weight excluding hydrogens is 238 g/mol. The van der Waals surface area contributed by atoms with E-state index in [9.17, 15) is 9.59 Å². The molecule has 1 amide bonds. The summed E-state index contributed by atoms with van der Waals surface area (Å²) >= 11 is 0. The number of hydrogen-bond acceptors (Lipinski definition) is 6. The Kier molecular flexibility index (Phi) is 3.44. The van der Waals surface area contributed by atoms with E-state index in [0.29, 0.717) is 13.1 Å². The maximum absolute atomic E-state index is 11.4. The molecule has 9 heteroatoms. The van der Waals surface area contributed by atoms with E-state index in [1.54, 1.807) is 0 Å². The number of nitrogens with two attached hydrogens (primary N) is 1. The minimum Gasteiger partial charge on any atom is -0.297 e. The molecule has 0 unspecified atom stereocenters. The lowest BCUT2D eigenvalue weighted by Gasteiger charge is -2.03. The topological polar surface area (TPSA) is 121 Å². The van der Waals surface area contributed by atoms with Gasteiger partial charge in [0.05, 0.1) is 19.1 Å². The molecule has 0 atom stereocenters. The molecule has 0 saturated heterocycles. The fourth-order valence-corrected chi connectivity index (χ4v) is 1.34. The SMILES string of the molecule is NNC(=O)c1cn(CCn2cnccc2=O)nn1. The van der Waals surface area contributed by atoms with Gasteiger partial charge in [-0.1, -0.05) is 5.21 Å². The van der Waals surface area contributed by atoms with E-state index in [1.807, 2.05) is 5.43 Å². The number of nitrogens with one attached hydrogen (secondary N) is 1. The number of nitrogens with zero attached hydrogens (tertiary/aromatic N) is 5. The van der Waals surface area contributed by atoms with Crippen molar-refractivity contribution in [3.8, 4) is 0 Å². The standard InChI is InChI=1S/C9H11N7O2/c10-12-9(18)7-5-16(14-13-7)4-3-15-6-11-2-1-8(15)17/h1-2,5-6H,3-4,10H2,(H,12,18). The molecule has 2 aromatic rings. The fourth-order valence-electron chi connectivity index (χ4n) is 1.34. The Balaban J connectivity index is 2.03. The van der Waals surface area contributed by atoms with Crippen molar-refractivity contribution < 1.29 is 4.79 Å². The molecule has 94 valence electrons. The van der Waals surface area contributed by atoms with Crippen molar-refractivity contribution in [2.45, 2.75) is 13.1 Å². The number of carbonyl (C=O) groups is 1. The molecule has 0 aromatic carbocycles. The van der Waals surface area contributed by atoms with Gasteiger partial charge < -0.3 is 0 Å². The van der Waals surface area contributed by atoms with Gasteiger partial charge in [-0.25, -0.2) is 15.5 Å². The van der Waals surface area contributed by atoms with E-state index in [4.69, 9.17) is 5.84 Å². The Hall–Kier alpha value is -2.55. The summed E-state index contributed by atoms with van der Waals surface area (Å²) in [6, 6.07) is 1.37. The second-order valence-electron chi connectivity index (χ2n) is 3.45. The number of aryl methyl sites for hydroxylation is 2. The molecule has 0 fully saturated rings. The Morgan fingerprint density at radius 3 is 3.00 bits per heavy atom. The summed E-state index contributed by atoms with van der Waals surface area (Å²) in [5, 5.41) is 7.38. The van der Waals surface area contributed by atoms with Crippen LogP contribution in [0.4, 0.5) is 0 Å².